The fourth-order valence-electron chi connectivity index (χ4n) is 0.514. The Morgan fingerprint density at radius 2 is 2.27 bits per heavy atom. The number of halogens is 1. The van der Waals surface area contributed by atoms with Crippen molar-refractivity contribution in [3.63, 3.8) is 0 Å². The Hall–Kier alpha value is 0.239. The molecule has 0 heterocycles. The second-order valence-electron chi connectivity index (χ2n) is 1.91. The molecule has 0 aromatic carbocycles. The first-order valence-electron chi connectivity index (χ1n) is 3.04. The van der Waals surface area contributed by atoms with E-state index < -0.39 is 6.04 Å². The first kappa shape index (κ1) is 13.8. The van der Waals surface area contributed by atoms with E-state index in [2.05, 4.69) is 10.6 Å². The molecule has 0 aliphatic heterocycles. The zero-order chi connectivity index (χ0) is 7.98. The van der Waals surface area contributed by atoms with Gasteiger partial charge in [-0.1, -0.05) is 0 Å². The molecule has 0 aromatic rings. The normalized spacial score (nSPS) is 11.5. The van der Waals surface area contributed by atoms with Crippen molar-refractivity contribution in [2.45, 2.75) is 23.6 Å². The molecule has 0 aliphatic carbocycles. The summed E-state index contributed by atoms with van der Waals surface area (Å²) in [6.07, 6.45) is 0.753. The zero-order valence-corrected chi connectivity index (χ0v) is 9.23. The Bertz CT molecular complexity index is 113. The molecule has 2 N–H and O–H groups in total. The topological polar surface area (TPSA) is 52.3 Å². The third kappa shape index (κ3) is 6.63. The number of nitrogens with two attached hydrogens (primary N) is 1. The maximum atomic E-state index is 10.7. The number of hydrogen-bond donors (Lipinski definition) is 1. The number of hydrogen-bond acceptors (Lipinski definition) is 3. The molecule has 0 spiro atoms. The van der Waals surface area contributed by atoms with Gasteiger partial charge in [0.25, 0.3) is 0 Å². The SMILES string of the molecule is COC(=O)C(N)CC[Se]C.Cl. The van der Waals surface area contributed by atoms with Gasteiger partial charge in [-0.25, -0.2) is 0 Å². The van der Waals surface area contributed by atoms with E-state index in [-0.39, 0.29) is 18.4 Å². The van der Waals surface area contributed by atoms with Crippen molar-refractivity contribution in [1.82, 2.24) is 0 Å². The maximum Gasteiger partial charge on any atom is -0.147 e. The van der Waals surface area contributed by atoms with Gasteiger partial charge < -0.3 is 0 Å². The molecule has 11 heavy (non-hydrogen) atoms. The largest absolute Gasteiger partial charge is 0.147 e. The molecule has 68 valence electrons. The number of rotatable bonds is 4. The summed E-state index contributed by atoms with van der Waals surface area (Å²) >= 11 is 0.603. The van der Waals surface area contributed by atoms with Gasteiger partial charge in [-0.3, -0.25) is 0 Å². The fraction of sp³-hybridized carbons (Fsp3) is 0.833. The van der Waals surface area contributed by atoms with Gasteiger partial charge in [-0.05, 0) is 0 Å². The van der Waals surface area contributed by atoms with Crippen molar-refractivity contribution < 1.29 is 9.53 Å². The van der Waals surface area contributed by atoms with Crippen LogP contribution in [0.1, 0.15) is 6.42 Å². The van der Waals surface area contributed by atoms with Gasteiger partial charge >= 0.3 is 66.9 Å². The van der Waals surface area contributed by atoms with Gasteiger partial charge in [0.1, 0.15) is 0 Å². The van der Waals surface area contributed by atoms with E-state index in [1.165, 1.54) is 7.11 Å². The molecule has 0 radical (unpaired) electrons. The Morgan fingerprint density at radius 3 is 2.64 bits per heavy atom. The molecule has 0 saturated heterocycles. The summed E-state index contributed by atoms with van der Waals surface area (Å²) in [4.78, 5) is 10.7. The molecule has 0 amide bonds. The Kier molecular flexibility index (Phi) is 10.5. The van der Waals surface area contributed by atoms with Crippen LogP contribution in [0, 0.1) is 0 Å². The van der Waals surface area contributed by atoms with Crippen molar-refractivity contribution in [2.75, 3.05) is 7.11 Å². The van der Waals surface area contributed by atoms with Crippen LogP contribution >= 0.6 is 12.4 Å². The van der Waals surface area contributed by atoms with E-state index in [4.69, 9.17) is 5.73 Å². The predicted octanol–water partition coefficient (Wildman–Crippen LogP) is 0.469. The first-order chi connectivity index (χ1) is 4.72. The molecule has 0 saturated carbocycles. The maximum absolute atomic E-state index is 10.7. The van der Waals surface area contributed by atoms with Gasteiger partial charge in [-0.15, -0.1) is 12.4 Å². The van der Waals surface area contributed by atoms with E-state index in [1.54, 1.807) is 0 Å². The summed E-state index contributed by atoms with van der Waals surface area (Å²) in [5, 5.41) is 1.04. The predicted molar refractivity (Wildman–Crippen MR) is 48.3 cm³/mol. The van der Waals surface area contributed by atoms with Crippen LogP contribution in [-0.4, -0.2) is 34.1 Å². The molecule has 0 aromatic heterocycles. The number of methoxy groups -OCH3 is 1. The van der Waals surface area contributed by atoms with E-state index in [0.29, 0.717) is 15.0 Å². The Balaban J connectivity index is 0. The van der Waals surface area contributed by atoms with E-state index in [9.17, 15) is 4.79 Å². The standard InChI is InChI=1S/C6H13NO2Se.ClH/c1-9-6(8)5(7)3-4-10-2;/h5H,3-4,7H2,1-2H3;1H. The minimum atomic E-state index is -0.410. The molecular weight excluding hydrogens is 232 g/mol. The van der Waals surface area contributed by atoms with Gasteiger partial charge in [0.05, 0.1) is 0 Å². The number of esters is 1. The molecule has 0 fully saturated rings. The molecule has 1 atom stereocenters. The summed E-state index contributed by atoms with van der Waals surface area (Å²) < 4.78 is 4.45. The molecular formula is C6H14ClNO2Se. The summed E-state index contributed by atoms with van der Waals surface area (Å²) in [7, 11) is 1.36. The zero-order valence-electron chi connectivity index (χ0n) is 6.70. The molecule has 0 aliphatic rings. The smallest absolute Gasteiger partial charge is 0.147 e. The van der Waals surface area contributed by atoms with Gasteiger partial charge in [0.15, 0.2) is 0 Å². The average molecular weight is 247 g/mol. The summed E-state index contributed by atoms with van der Waals surface area (Å²) in [6, 6.07) is -0.410. The quantitative estimate of drug-likeness (QED) is 0.580. The van der Waals surface area contributed by atoms with Crippen LogP contribution in [0.3, 0.4) is 0 Å². The van der Waals surface area contributed by atoms with Crippen molar-refractivity contribution >= 4 is 33.3 Å². The van der Waals surface area contributed by atoms with Gasteiger partial charge in [-0.2, -0.15) is 0 Å². The van der Waals surface area contributed by atoms with E-state index in [0.717, 1.165) is 11.7 Å². The second-order valence-corrected chi connectivity index (χ2v) is 3.98. The third-order valence-corrected chi connectivity index (χ3v) is 2.49. The molecule has 1 unspecified atom stereocenters. The summed E-state index contributed by atoms with van der Waals surface area (Å²) in [6.45, 7) is 0. The van der Waals surface area contributed by atoms with Crippen LogP contribution < -0.4 is 5.73 Å². The van der Waals surface area contributed by atoms with Crippen LogP contribution in [0.5, 0.6) is 0 Å². The molecule has 3 nitrogen and oxygen atoms in total. The average Bonchev–Trinajstić information content (AvgIpc) is 1.98. The number of carbonyl (C=O) groups excluding carboxylic acids is 1. The van der Waals surface area contributed by atoms with Crippen LogP contribution in [-0.2, 0) is 9.53 Å². The monoisotopic (exact) mass is 247 g/mol. The molecule has 0 bridgehead atoms. The minimum Gasteiger partial charge on any atom is -0.147 e. The van der Waals surface area contributed by atoms with Crippen LogP contribution in [0.2, 0.25) is 11.1 Å². The van der Waals surface area contributed by atoms with Crippen LogP contribution in [0.25, 0.3) is 0 Å². The van der Waals surface area contributed by atoms with Crippen molar-refractivity contribution in [3.05, 3.63) is 0 Å². The van der Waals surface area contributed by atoms with Gasteiger partial charge in [0, 0.05) is 0 Å². The fourth-order valence-corrected chi connectivity index (χ4v) is 1.54. The van der Waals surface area contributed by atoms with Crippen molar-refractivity contribution in [2.24, 2.45) is 5.73 Å². The minimum absolute atomic E-state index is 0. The molecule has 0 rings (SSSR count). The van der Waals surface area contributed by atoms with Crippen molar-refractivity contribution in [3.8, 4) is 0 Å². The summed E-state index contributed by atoms with van der Waals surface area (Å²) in [5.41, 5.74) is 5.45. The second kappa shape index (κ2) is 8.34. The Morgan fingerprint density at radius 1 is 1.73 bits per heavy atom. The number of carbonyl (C=O) groups is 1. The van der Waals surface area contributed by atoms with Gasteiger partial charge in [0.2, 0.25) is 0 Å². The third-order valence-electron chi connectivity index (χ3n) is 1.14. The van der Waals surface area contributed by atoms with Crippen molar-refractivity contribution in [1.29, 1.82) is 0 Å². The van der Waals surface area contributed by atoms with E-state index in [1.807, 2.05) is 0 Å². The van der Waals surface area contributed by atoms with E-state index >= 15 is 0 Å². The summed E-state index contributed by atoms with van der Waals surface area (Å²) in [5.74, 6) is 1.82. The first-order valence-corrected chi connectivity index (χ1v) is 5.97. The Labute approximate surface area is 79.6 Å². The van der Waals surface area contributed by atoms with Crippen LogP contribution in [0.15, 0.2) is 0 Å². The van der Waals surface area contributed by atoms with Crippen LogP contribution in [0.4, 0.5) is 0 Å². The number of ether oxygens (including phenoxy) is 1. The molecule has 5 heteroatoms.